The molecule has 1 rings (SSSR count). The highest BCUT2D eigenvalue weighted by molar-refractivity contribution is 6.19. The van der Waals surface area contributed by atoms with Crippen LogP contribution in [0.15, 0.2) is 11.6 Å². The molecular formula is C11H19Cl. The van der Waals surface area contributed by atoms with Crippen molar-refractivity contribution in [1.29, 1.82) is 0 Å². The molecule has 12 heavy (non-hydrogen) atoms. The molecule has 0 unspecified atom stereocenters. The van der Waals surface area contributed by atoms with E-state index in [1.54, 1.807) is 0 Å². The first-order valence-electron chi connectivity index (χ1n) is 4.95. The Labute approximate surface area is 81.0 Å². The van der Waals surface area contributed by atoms with Gasteiger partial charge in [-0.2, -0.15) is 0 Å². The summed E-state index contributed by atoms with van der Waals surface area (Å²) in [6.45, 7) is 4.49. The van der Waals surface area contributed by atoms with Gasteiger partial charge in [-0.25, -0.2) is 0 Å². The summed E-state index contributed by atoms with van der Waals surface area (Å²) >= 11 is 5.73. The summed E-state index contributed by atoms with van der Waals surface area (Å²) in [6.07, 6.45) is 7.91. The summed E-state index contributed by atoms with van der Waals surface area (Å²) < 4.78 is 0. The summed E-state index contributed by atoms with van der Waals surface area (Å²) in [7, 11) is 0. The molecule has 0 spiro atoms. The zero-order chi connectivity index (χ0) is 8.97. The van der Waals surface area contributed by atoms with E-state index >= 15 is 0 Å². The molecule has 0 aromatic rings. The van der Waals surface area contributed by atoms with Crippen LogP contribution < -0.4 is 0 Å². The minimum atomic E-state index is 0.700. The summed E-state index contributed by atoms with van der Waals surface area (Å²) in [6, 6.07) is 0. The van der Waals surface area contributed by atoms with Crippen molar-refractivity contribution in [2.75, 3.05) is 5.88 Å². The number of hydrogen-bond acceptors (Lipinski definition) is 0. The van der Waals surface area contributed by atoms with Crippen molar-refractivity contribution in [2.24, 2.45) is 11.8 Å². The Hall–Kier alpha value is 0.0300. The molecule has 0 aromatic heterocycles. The Morgan fingerprint density at radius 3 is 2.42 bits per heavy atom. The molecular weight excluding hydrogens is 168 g/mol. The molecule has 0 atom stereocenters. The van der Waals surface area contributed by atoms with Gasteiger partial charge >= 0.3 is 0 Å². The highest BCUT2D eigenvalue weighted by atomic mass is 35.5. The van der Waals surface area contributed by atoms with Crippen molar-refractivity contribution in [3.8, 4) is 0 Å². The second-order valence-corrected chi connectivity index (χ2v) is 4.43. The van der Waals surface area contributed by atoms with Crippen LogP contribution in [0.2, 0.25) is 0 Å². The van der Waals surface area contributed by atoms with Crippen LogP contribution >= 0.6 is 11.6 Å². The fourth-order valence-electron chi connectivity index (χ4n) is 1.90. The van der Waals surface area contributed by atoms with E-state index in [9.17, 15) is 0 Å². The Morgan fingerprint density at radius 2 is 1.92 bits per heavy atom. The van der Waals surface area contributed by atoms with Gasteiger partial charge < -0.3 is 0 Å². The van der Waals surface area contributed by atoms with Crippen molar-refractivity contribution >= 4 is 11.6 Å². The van der Waals surface area contributed by atoms with Gasteiger partial charge in [0.1, 0.15) is 0 Å². The van der Waals surface area contributed by atoms with E-state index in [-0.39, 0.29) is 0 Å². The smallest absolute Gasteiger partial charge is 0.0430 e. The van der Waals surface area contributed by atoms with E-state index < -0.39 is 0 Å². The Kier molecular flexibility index (Phi) is 4.14. The molecule has 0 nitrogen and oxygen atoms in total. The first kappa shape index (κ1) is 10.1. The predicted octanol–water partition coefficient (Wildman–Crippen LogP) is 4.00. The molecule has 1 aliphatic rings. The Bertz CT molecular complexity index is 152. The van der Waals surface area contributed by atoms with Gasteiger partial charge in [-0.1, -0.05) is 31.4 Å². The number of halogens is 1. The maximum absolute atomic E-state index is 5.73. The first-order valence-corrected chi connectivity index (χ1v) is 5.49. The topological polar surface area (TPSA) is 0 Å². The lowest BCUT2D eigenvalue weighted by molar-refractivity contribution is 0.330. The van der Waals surface area contributed by atoms with Crippen molar-refractivity contribution in [2.45, 2.75) is 39.5 Å². The van der Waals surface area contributed by atoms with E-state index in [0.29, 0.717) is 5.88 Å². The van der Waals surface area contributed by atoms with Crippen LogP contribution in [0.4, 0.5) is 0 Å². The summed E-state index contributed by atoms with van der Waals surface area (Å²) in [5.41, 5.74) is 1.34. The maximum atomic E-state index is 5.73. The van der Waals surface area contributed by atoms with Crippen LogP contribution in [0.25, 0.3) is 0 Å². The number of allylic oxidation sites excluding steroid dienone is 2. The molecule has 0 N–H and O–H groups in total. The lowest BCUT2D eigenvalue weighted by atomic mass is 9.82. The van der Waals surface area contributed by atoms with Gasteiger partial charge in [0.2, 0.25) is 0 Å². The highest BCUT2D eigenvalue weighted by Crippen LogP contribution is 2.29. The third-order valence-corrected chi connectivity index (χ3v) is 3.21. The summed E-state index contributed by atoms with van der Waals surface area (Å²) in [4.78, 5) is 0. The molecule has 0 saturated heterocycles. The van der Waals surface area contributed by atoms with Crippen LogP contribution in [0.5, 0.6) is 0 Å². The molecule has 0 heterocycles. The van der Waals surface area contributed by atoms with Gasteiger partial charge in [0.05, 0.1) is 0 Å². The highest BCUT2D eigenvalue weighted by Gasteiger charge is 2.15. The van der Waals surface area contributed by atoms with E-state index in [2.05, 4.69) is 19.9 Å². The van der Waals surface area contributed by atoms with Gasteiger partial charge in [0.25, 0.3) is 0 Å². The lowest BCUT2D eigenvalue weighted by Gasteiger charge is -2.24. The Morgan fingerprint density at radius 1 is 1.33 bits per heavy atom. The number of hydrogen-bond donors (Lipinski definition) is 0. The van der Waals surface area contributed by atoms with E-state index in [1.165, 1.54) is 31.3 Å². The molecule has 1 aliphatic carbocycles. The quantitative estimate of drug-likeness (QED) is 0.452. The molecule has 1 fully saturated rings. The summed E-state index contributed by atoms with van der Waals surface area (Å²) in [5, 5.41) is 0. The minimum Gasteiger partial charge on any atom is -0.122 e. The van der Waals surface area contributed by atoms with Crippen LogP contribution in [-0.2, 0) is 0 Å². The normalized spacial score (nSPS) is 32.1. The second kappa shape index (κ2) is 4.91. The van der Waals surface area contributed by atoms with Gasteiger partial charge in [-0.05, 0) is 31.6 Å². The SMILES string of the molecule is C/C(=C/C1CCC(C)CC1)CCl. The predicted molar refractivity (Wildman–Crippen MR) is 55.6 cm³/mol. The first-order chi connectivity index (χ1) is 5.72. The Balaban J connectivity index is 2.35. The lowest BCUT2D eigenvalue weighted by Crippen LogP contribution is -2.10. The van der Waals surface area contributed by atoms with Gasteiger partial charge in [-0.3, -0.25) is 0 Å². The summed E-state index contributed by atoms with van der Waals surface area (Å²) in [5.74, 6) is 2.47. The van der Waals surface area contributed by atoms with Gasteiger partial charge in [-0.15, -0.1) is 11.6 Å². The molecule has 0 amide bonds. The molecule has 1 heteroatoms. The second-order valence-electron chi connectivity index (χ2n) is 4.17. The van der Waals surface area contributed by atoms with Crippen LogP contribution in [0, 0.1) is 11.8 Å². The number of alkyl halides is 1. The van der Waals surface area contributed by atoms with E-state index in [0.717, 1.165) is 11.8 Å². The van der Waals surface area contributed by atoms with Crippen LogP contribution in [-0.4, -0.2) is 5.88 Å². The van der Waals surface area contributed by atoms with Crippen molar-refractivity contribution in [1.82, 2.24) is 0 Å². The third-order valence-electron chi connectivity index (χ3n) is 2.79. The largest absolute Gasteiger partial charge is 0.122 e. The molecule has 1 saturated carbocycles. The number of rotatable bonds is 2. The molecule has 0 aliphatic heterocycles. The van der Waals surface area contributed by atoms with Crippen molar-refractivity contribution in [3.05, 3.63) is 11.6 Å². The molecule has 0 radical (unpaired) electrons. The minimum absolute atomic E-state index is 0.700. The average Bonchev–Trinajstić information content (AvgIpc) is 2.09. The van der Waals surface area contributed by atoms with Crippen LogP contribution in [0.3, 0.4) is 0 Å². The van der Waals surface area contributed by atoms with Crippen molar-refractivity contribution < 1.29 is 0 Å². The van der Waals surface area contributed by atoms with Gasteiger partial charge in [0, 0.05) is 5.88 Å². The standard InChI is InChI=1S/C11H19Cl/c1-9-3-5-11(6-4-9)7-10(2)8-12/h7,9,11H,3-6,8H2,1-2H3/b10-7-. The fourth-order valence-corrected chi connectivity index (χ4v) is 1.99. The van der Waals surface area contributed by atoms with Gasteiger partial charge in [0.15, 0.2) is 0 Å². The molecule has 0 bridgehead atoms. The fraction of sp³-hybridized carbons (Fsp3) is 0.818. The van der Waals surface area contributed by atoms with E-state index in [1.807, 2.05) is 0 Å². The van der Waals surface area contributed by atoms with Crippen molar-refractivity contribution in [3.63, 3.8) is 0 Å². The maximum Gasteiger partial charge on any atom is 0.0430 e. The van der Waals surface area contributed by atoms with E-state index in [4.69, 9.17) is 11.6 Å². The zero-order valence-corrected chi connectivity index (χ0v) is 8.90. The third kappa shape index (κ3) is 3.18. The monoisotopic (exact) mass is 186 g/mol. The molecule has 70 valence electrons. The van der Waals surface area contributed by atoms with Crippen LogP contribution in [0.1, 0.15) is 39.5 Å². The zero-order valence-electron chi connectivity index (χ0n) is 8.15. The average molecular weight is 187 g/mol. The molecule has 0 aromatic carbocycles.